The van der Waals surface area contributed by atoms with Gasteiger partial charge in [0, 0.05) is 6.54 Å². The van der Waals surface area contributed by atoms with Crippen LogP contribution >= 0.6 is 0 Å². The molecule has 0 amide bonds. The van der Waals surface area contributed by atoms with Crippen LogP contribution in [0, 0.1) is 17.1 Å². The lowest BCUT2D eigenvalue weighted by Gasteiger charge is -2.20. The molecule has 0 bridgehead atoms. The van der Waals surface area contributed by atoms with Crippen LogP contribution in [0.25, 0.3) is 0 Å². The average Bonchev–Trinajstić information content (AvgIpc) is 2.36. The largest absolute Gasteiger partial charge is 0.299 e. The molecule has 1 aromatic rings. The Kier molecular flexibility index (Phi) is 5.65. The highest BCUT2D eigenvalue weighted by atomic mass is 19.1. The highest BCUT2D eigenvalue weighted by molar-refractivity contribution is 5.34. The number of hydrogen-bond acceptors (Lipinski definition) is 2. The summed E-state index contributed by atoms with van der Waals surface area (Å²) in [5.41, 5.74) is 1.13. The van der Waals surface area contributed by atoms with Crippen molar-refractivity contribution in [3.8, 4) is 6.07 Å². The molecule has 0 aliphatic rings. The van der Waals surface area contributed by atoms with E-state index in [0.29, 0.717) is 0 Å². The number of hydrogen-bond donors (Lipinski definition) is 0. The summed E-state index contributed by atoms with van der Waals surface area (Å²) in [5.74, 6) is -0.437. The van der Waals surface area contributed by atoms with Gasteiger partial charge in [-0.3, -0.25) is 4.90 Å². The first-order chi connectivity index (χ1) is 8.21. The van der Waals surface area contributed by atoms with E-state index in [1.54, 1.807) is 12.1 Å². The summed E-state index contributed by atoms with van der Waals surface area (Å²) in [6.45, 7) is 7.08. The summed E-state index contributed by atoms with van der Waals surface area (Å²) in [4.78, 5) is 2.30. The van der Waals surface area contributed by atoms with Crippen LogP contribution in [-0.4, -0.2) is 18.0 Å². The third kappa shape index (κ3) is 4.16. The molecule has 2 nitrogen and oxygen atoms in total. The van der Waals surface area contributed by atoms with Gasteiger partial charge in [-0.1, -0.05) is 26.3 Å². The fraction of sp³-hybridized carbons (Fsp3) is 0.500. The smallest absolute Gasteiger partial charge is 0.140 e. The minimum absolute atomic E-state index is 0.133. The number of benzene rings is 1. The second-order valence-corrected chi connectivity index (χ2v) is 4.15. The molecule has 17 heavy (non-hydrogen) atoms. The van der Waals surface area contributed by atoms with Crippen LogP contribution in [0.15, 0.2) is 18.2 Å². The lowest BCUT2D eigenvalue weighted by Crippen LogP contribution is -2.24. The molecule has 0 aromatic heterocycles. The quantitative estimate of drug-likeness (QED) is 0.755. The van der Waals surface area contributed by atoms with Crippen molar-refractivity contribution < 1.29 is 4.39 Å². The summed E-state index contributed by atoms with van der Waals surface area (Å²) >= 11 is 0. The lowest BCUT2D eigenvalue weighted by atomic mass is 10.1. The highest BCUT2D eigenvalue weighted by Crippen LogP contribution is 2.12. The van der Waals surface area contributed by atoms with Gasteiger partial charge >= 0.3 is 0 Å². The van der Waals surface area contributed by atoms with Gasteiger partial charge in [0.05, 0.1) is 5.56 Å². The molecule has 0 unspecified atom stereocenters. The lowest BCUT2D eigenvalue weighted by molar-refractivity contribution is 0.275. The molecule has 0 spiro atoms. The maximum atomic E-state index is 13.2. The average molecular weight is 234 g/mol. The maximum absolute atomic E-state index is 13.2. The molecule has 0 saturated carbocycles. The molecule has 0 aliphatic carbocycles. The molecular formula is C14H19FN2. The molecule has 1 aromatic carbocycles. The van der Waals surface area contributed by atoms with E-state index in [1.807, 2.05) is 6.07 Å². The summed E-state index contributed by atoms with van der Waals surface area (Å²) < 4.78 is 13.2. The molecular weight excluding hydrogens is 215 g/mol. The zero-order valence-corrected chi connectivity index (χ0v) is 10.5. The Bertz CT molecular complexity index is 396. The Balaban J connectivity index is 2.70. The summed E-state index contributed by atoms with van der Waals surface area (Å²) in [5, 5.41) is 8.77. The van der Waals surface area contributed by atoms with Gasteiger partial charge in [0.15, 0.2) is 0 Å². The first-order valence-electron chi connectivity index (χ1n) is 6.12. The maximum Gasteiger partial charge on any atom is 0.140 e. The Hall–Kier alpha value is -1.40. The zero-order valence-electron chi connectivity index (χ0n) is 10.5. The van der Waals surface area contributed by atoms with E-state index in [1.165, 1.54) is 18.9 Å². The van der Waals surface area contributed by atoms with Crippen molar-refractivity contribution in [1.29, 1.82) is 5.26 Å². The van der Waals surface area contributed by atoms with Crippen molar-refractivity contribution >= 4 is 0 Å². The molecule has 1 rings (SSSR count). The number of nitriles is 1. The number of rotatable bonds is 6. The Labute approximate surface area is 103 Å². The van der Waals surface area contributed by atoms with Crippen LogP contribution in [0.1, 0.15) is 37.8 Å². The topological polar surface area (TPSA) is 27.0 Å². The van der Waals surface area contributed by atoms with Crippen molar-refractivity contribution in [2.45, 2.75) is 33.2 Å². The Morgan fingerprint density at radius 1 is 1.35 bits per heavy atom. The van der Waals surface area contributed by atoms with Crippen LogP contribution in [0.4, 0.5) is 4.39 Å². The van der Waals surface area contributed by atoms with Crippen molar-refractivity contribution in [3.63, 3.8) is 0 Å². The van der Waals surface area contributed by atoms with E-state index in [9.17, 15) is 4.39 Å². The van der Waals surface area contributed by atoms with Gasteiger partial charge in [0.2, 0.25) is 0 Å². The zero-order chi connectivity index (χ0) is 12.7. The van der Waals surface area contributed by atoms with E-state index >= 15 is 0 Å². The van der Waals surface area contributed by atoms with Gasteiger partial charge < -0.3 is 0 Å². The summed E-state index contributed by atoms with van der Waals surface area (Å²) in [6.07, 6.45) is 2.34. The second kappa shape index (κ2) is 7.03. The molecule has 3 heteroatoms. The van der Waals surface area contributed by atoms with Crippen LogP contribution < -0.4 is 0 Å². The number of halogens is 1. The number of unbranched alkanes of at least 4 members (excludes halogenated alkanes) is 1. The molecule has 0 fully saturated rings. The monoisotopic (exact) mass is 234 g/mol. The van der Waals surface area contributed by atoms with Gasteiger partial charge in [-0.25, -0.2) is 4.39 Å². The predicted molar refractivity (Wildman–Crippen MR) is 67.0 cm³/mol. The molecule has 92 valence electrons. The predicted octanol–water partition coefficient (Wildman–Crippen LogP) is 3.32. The minimum atomic E-state index is -0.437. The van der Waals surface area contributed by atoms with Crippen LogP contribution in [0.3, 0.4) is 0 Å². The van der Waals surface area contributed by atoms with Gasteiger partial charge in [-0.15, -0.1) is 0 Å². The first-order valence-corrected chi connectivity index (χ1v) is 6.12. The minimum Gasteiger partial charge on any atom is -0.299 e. The molecule has 0 atom stereocenters. The van der Waals surface area contributed by atoms with Crippen molar-refractivity contribution in [1.82, 2.24) is 4.90 Å². The van der Waals surface area contributed by atoms with E-state index in [0.717, 1.165) is 25.2 Å². The second-order valence-electron chi connectivity index (χ2n) is 4.15. The van der Waals surface area contributed by atoms with Gasteiger partial charge in [-0.05, 0) is 37.2 Å². The number of nitrogens with zero attached hydrogens (tertiary/aromatic N) is 2. The molecule has 0 heterocycles. The Morgan fingerprint density at radius 2 is 2.12 bits per heavy atom. The van der Waals surface area contributed by atoms with Crippen LogP contribution in [0.5, 0.6) is 0 Å². The van der Waals surface area contributed by atoms with Gasteiger partial charge in [0.1, 0.15) is 11.9 Å². The highest BCUT2D eigenvalue weighted by Gasteiger charge is 2.06. The third-order valence-corrected chi connectivity index (χ3v) is 2.83. The summed E-state index contributed by atoms with van der Waals surface area (Å²) in [6, 6.07) is 6.65. The van der Waals surface area contributed by atoms with Crippen LogP contribution in [0.2, 0.25) is 0 Å². The molecule has 0 radical (unpaired) electrons. The normalized spacial score (nSPS) is 10.5. The van der Waals surface area contributed by atoms with E-state index in [-0.39, 0.29) is 5.56 Å². The third-order valence-electron chi connectivity index (χ3n) is 2.83. The Morgan fingerprint density at radius 3 is 2.71 bits per heavy atom. The van der Waals surface area contributed by atoms with Crippen molar-refractivity contribution in [2.24, 2.45) is 0 Å². The van der Waals surface area contributed by atoms with Crippen LogP contribution in [-0.2, 0) is 6.54 Å². The molecule has 0 aliphatic heterocycles. The van der Waals surface area contributed by atoms with E-state index < -0.39 is 5.82 Å². The SMILES string of the molecule is CCCCN(CC)Cc1ccc(F)c(C#N)c1. The first kappa shape index (κ1) is 13.7. The van der Waals surface area contributed by atoms with Crippen molar-refractivity contribution in [2.75, 3.05) is 13.1 Å². The fourth-order valence-corrected chi connectivity index (χ4v) is 1.75. The molecule has 0 N–H and O–H groups in total. The van der Waals surface area contributed by atoms with E-state index in [2.05, 4.69) is 18.7 Å². The van der Waals surface area contributed by atoms with Crippen molar-refractivity contribution in [3.05, 3.63) is 35.1 Å². The van der Waals surface area contributed by atoms with E-state index in [4.69, 9.17) is 5.26 Å². The van der Waals surface area contributed by atoms with Gasteiger partial charge in [-0.2, -0.15) is 5.26 Å². The standard InChI is InChI=1S/C14H19FN2/c1-3-5-8-17(4-2)11-12-6-7-14(15)13(9-12)10-16/h6-7,9H,3-5,8,11H2,1-2H3. The summed E-state index contributed by atoms with van der Waals surface area (Å²) in [7, 11) is 0. The fourth-order valence-electron chi connectivity index (χ4n) is 1.75. The van der Waals surface area contributed by atoms with Gasteiger partial charge in [0.25, 0.3) is 0 Å². The molecule has 0 saturated heterocycles.